The first-order valence-corrected chi connectivity index (χ1v) is 12.0. The lowest BCUT2D eigenvalue weighted by Gasteiger charge is -2.37. The van der Waals surface area contributed by atoms with E-state index in [1.165, 1.54) is 0 Å². The number of benzene rings is 1. The van der Waals surface area contributed by atoms with Crippen LogP contribution in [0.25, 0.3) is 0 Å². The molecule has 0 aliphatic rings. The fourth-order valence-electron chi connectivity index (χ4n) is 2.06. The molecule has 1 rings (SSSR count). The van der Waals surface area contributed by atoms with Crippen LogP contribution in [0.5, 0.6) is 11.5 Å². The Hall–Kier alpha value is -1.01. The van der Waals surface area contributed by atoms with E-state index in [-0.39, 0.29) is 10.9 Å². The average Bonchev–Trinajstić information content (AvgIpc) is 2.46. The van der Waals surface area contributed by atoms with Crippen molar-refractivity contribution in [1.29, 1.82) is 0 Å². The molecule has 0 unspecified atom stereocenters. The van der Waals surface area contributed by atoms with Gasteiger partial charge in [-0.2, -0.15) is 0 Å². The van der Waals surface area contributed by atoms with Gasteiger partial charge in [0.05, 0.1) is 12.7 Å². The normalized spacial score (nSPS) is 12.0. The second-order valence-corrected chi connectivity index (χ2v) is 12.9. The molecule has 0 saturated carbocycles. The first-order chi connectivity index (χ1) is 11.0. The molecule has 0 saturated heterocycles. The Kier molecular flexibility index (Phi) is 6.93. The van der Waals surface area contributed by atoms with Gasteiger partial charge in [0.2, 0.25) is 0 Å². The fourth-order valence-corrected chi connectivity index (χ4v) is 3.67. The molecule has 1 aromatic carbocycles. The Morgan fingerprint density at radius 2 is 1.75 bits per heavy atom. The van der Waals surface area contributed by atoms with E-state index in [1.54, 1.807) is 12.0 Å². The molecule has 6 heteroatoms. The van der Waals surface area contributed by atoms with E-state index in [4.69, 9.17) is 9.16 Å². The van der Waals surface area contributed by atoms with E-state index < -0.39 is 8.32 Å². The Morgan fingerprint density at radius 1 is 1.21 bits per heavy atom. The molecular weight excluding hydrogens is 386 g/mol. The molecule has 0 atom stereocenters. The molecule has 0 bridgehead atoms. The number of carbonyl (C=O) groups excluding carboxylic acids is 1. The van der Waals surface area contributed by atoms with E-state index in [0.29, 0.717) is 34.6 Å². The molecule has 0 aromatic heterocycles. The number of ether oxygens (including phenoxy) is 1. The van der Waals surface area contributed by atoms with Gasteiger partial charge in [-0.1, -0.05) is 20.8 Å². The second-order valence-electron chi connectivity index (χ2n) is 7.32. The van der Waals surface area contributed by atoms with E-state index in [1.807, 2.05) is 26.0 Å². The summed E-state index contributed by atoms with van der Waals surface area (Å²) in [5.41, 5.74) is 0.573. The number of hydrogen-bond donors (Lipinski definition) is 0. The second kappa shape index (κ2) is 7.91. The minimum atomic E-state index is -2.08. The quantitative estimate of drug-likeness (QED) is 0.589. The lowest BCUT2D eigenvalue weighted by atomic mass is 10.1. The molecule has 0 fully saturated rings. The van der Waals surface area contributed by atoms with Gasteiger partial charge < -0.3 is 14.1 Å². The van der Waals surface area contributed by atoms with Gasteiger partial charge in [0, 0.05) is 23.6 Å². The van der Waals surface area contributed by atoms with Gasteiger partial charge in [0.1, 0.15) is 11.5 Å². The van der Waals surface area contributed by atoms with Crippen molar-refractivity contribution in [3.05, 3.63) is 22.2 Å². The number of nitrogens with zero attached hydrogens (tertiary/aromatic N) is 1. The van der Waals surface area contributed by atoms with Gasteiger partial charge in [0.25, 0.3) is 14.2 Å². The maximum atomic E-state index is 13.0. The summed E-state index contributed by atoms with van der Waals surface area (Å²) in [5.74, 6) is 1.25. The SMILES string of the molecule is CCN(CC)C(=O)c1c(Br)cc(OC)cc1O[Si](C)(C)C(C)(C)C. The molecular formula is C18H30BrNO3Si. The van der Waals surface area contributed by atoms with Crippen LogP contribution >= 0.6 is 15.9 Å². The highest BCUT2D eigenvalue weighted by atomic mass is 79.9. The number of hydrogen-bond acceptors (Lipinski definition) is 3. The molecule has 0 aliphatic heterocycles. The van der Waals surface area contributed by atoms with Crippen LogP contribution < -0.4 is 9.16 Å². The van der Waals surface area contributed by atoms with Crippen molar-refractivity contribution in [2.24, 2.45) is 0 Å². The predicted molar refractivity (Wildman–Crippen MR) is 106 cm³/mol. The Labute approximate surface area is 155 Å². The number of methoxy groups -OCH3 is 1. The van der Waals surface area contributed by atoms with Crippen LogP contribution in [0.15, 0.2) is 16.6 Å². The van der Waals surface area contributed by atoms with Crippen molar-refractivity contribution < 1.29 is 14.0 Å². The number of halogens is 1. The minimum Gasteiger partial charge on any atom is -0.543 e. The molecule has 1 aromatic rings. The third-order valence-corrected chi connectivity index (χ3v) is 9.67. The van der Waals surface area contributed by atoms with Gasteiger partial charge in [-0.15, -0.1) is 0 Å². The van der Waals surface area contributed by atoms with E-state index in [2.05, 4.69) is 49.8 Å². The lowest BCUT2D eigenvalue weighted by molar-refractivity contribution is 0.0770. The number of rotatable bonds is 6. The van der Waals surface area contributed by atoms with Crippen LogP contribution in [0.2, 0.25) is 18.1 Å². The van der Waals surface area contributed by atoms with Crippen molar-refractivity contribution in [1.82, 2.24) is 4.90 Å². The summed E-state index contributed by atoms with van der Waals surface area (Å²) < 4.78 is 12.5. The van der Waals surface area contributed by atoms with E-state index in [9.17, 15) is 4.79 Å². The molecule has 0 spiro atoms. The highest BCUT2D eigenvalue weighted by Gasteiger charge is 2.40. The van der Waals surface area contributed by atoms with Crippen LogP contribution in [0.3, 0.4) is 0 Å². The molecule has 24 heavy (non-hydrogen) atoms. The molecule has 0 aliphatic carbocycles. The van der Waals surface area contributed by atoms with Crippen molar-refractivity contribution in [3.8, 4) is 11.5 Å². The van der Waals surface area contributed by atoms with Crippen LogP contribution in [-0.4, -0.2) is 39.3 Å². The van der Waals surface area contributed by atoms with E-state index in [0.717, 1.165) is 0 Å². The molecule has 0 heterocycles. The maximum absolute atomic E-state index is 13.0. The van der Waals surface area contributed by atoms with Crippen molar-refractivity contribution in [3.63, 3.8) is 0 Å². The summed E-state index contributed by atoms with van der Waals surface area (Å²) in [6.07, 6.45) is 0. The number of amides is 1. The number of carbonyl (C=O) groups is 1. The van der Waals surface area contributed by atoms with Crippen LogP contribution in [-0.2, 0) is 0 Å². The van der Waals surface area contributed by atoms with Gasteiger partial charge >= 0.3 is 0 Å². The van der Waals surface area contributed by atoms with Crippen molar-refractivity contribution in [2.75, 3.05) is 20.2 Å². The topological polar surface area (TPSA) is 38.8 Å². The first-order valence-electron chi connectivity index (χ1n) is 8.34. The fraction of sp³-hybridized carbons (Fsp3) is 0.611. The maximum Gasteiger partial charge on any atom is 0.258 e. The van der Waals surface area contributed by atoms with Gasteiger partial charge in [-0.25, -0.2) is 0 Å². The van der Waals surface area contributed by atoms with Crippen molar-refractivity contribution in [2.45, 2.75) is 52.8 Å². The molecule has 1 amide bonds. The highest BCUT2D eigenvalue weighted by molar-refractivity contribution is 9.10. The first kappa shape index (κ1) is 21.0. The molecule has 0 N–H and O–H groups in total. The highest BCUT2D eigenvalue weighted by Crippen LogP contribution is 2.41. The largest absolute Gasteiger partial charge is 0.543 e. The van der Waals surface area contributed by atoms with Crippen LogP contribution in [0.1, 0.15) is 45.0 Å². The summed E-state index contributed by atoms with van der Waals surface area (Å²) in [6.45, 7) is 16.2. The zero-order chi connectivity index (χ0) is 18.7. The lowest BCUT2D eigenvalue weighted by Crippen LogP contribution is -2.44. The summed E-state index contributed by atoms with van der Waals surface area (Å²) >= 11 is 3.53. The summed E-state index contributed by atoms with van der Waals surface area (Å²) in [6, 6.07) is 3.64. The van der Waals surface area contributed by atoms with Crippen LogP contribution in [0, 0.1) is 0 Å². The van der Waals surface area contributed by atoms with E-state index >= 15 is 0 Å². The molecule has 136 valence electrons. The third-order valence-electron chi connectivity index (χ3n) is 4.70. The van der Waals surface area contributed by atoms with Gasteiger partial charge in [0.15, 0.2) is 0 Å². The predicted octanol–water partition coefficient (Wildman–Crippen LogP) is 5.32. The van der Waals surface area contributed by atoms with Crippen molar-refractivity contribution >= 4 is 30.2 Å². The summed E-state index contributed by atoms with van der Waals surface area (Å²) in [4.78, 5) is 14.8. The molecule has 4 nitrogen and oxygen atoms in total. The zero-order valence-corrected chi connectivity index (χ0v) is 18.7. The molecule has 0 radical (unpaired) electrons. The average molecular weight is 416 g/mol. The monoisotopic (exact) mass is 415 g/mol. The minimum absolute atomic E-state index is 0.0248. The third kappa shape index (κ3) is 4.54. The Balaban J connectivity index is 3.46. The summed E-state index contributed by atoms with van der Waals surface area (Å²) in [5, 5.41) is 0.0398. The summed E-state index contributed by atoms with van der Waals surface area (Å²) in [7, 11) is -0.469. The zero-order valence-electron chi connectivity index (χ0n) is 16.1. The standard InChI is InChI=1S/C18H30BrNO3Si/c1-9-20(10-2)17(21)16-14(19)11-13(22-6)12-15(16)23-24(7,8)18(3,4)5/h11-12H,9-10H2,1-8H3. The van der Waals surface area contributed by atoms with Gasteiger partial charge in [-0.3, -0.25) is 4.79 Å². The Morgan fingerprint density at radius 3 is 2.17 bits per heavy atom. The smallest absolute Gasteiger partial charge is 0.258 e. The Bertz CT molecular complexity index is 593. The van der Waals surface area contributed by atoms with Gasteiger partial charge in [-0.05, 0) is 54.0 Å². The van der Waals surface area contributed by atoms with Crippen LogP contribution in [0.4, 0.5) is 0 Å².